The van der Waals surface area contributed by atoms with E-state index in [1.54, 1.807) is 12.1 Å². The van der Waals surface area contributed by atoms with Gasteiger partial charge in [0.25, 0.3) is 0 Å². The molecule has 2 aromatic rings. The molecule has 0 fully saturated rings. The minimum Gasteiger partial charge on any atom is -0.295 e. The van der Waals surface area contributed by atoms with E-state index in [2.05, 4.69) is 26.1 Å². The maximum absolute atomic E-state index is 14.0. The van der Waals surface area contributed by atoms with Crippen molar-refractivity contribution in [3.05, 3.63) is 33.3 Å². The molecule has 1 aromatic carbocycles. The summed E-state index contributed by atoms with van der Waals surface area (Å²) in [4.78, 5) is 0. The Balaban J connectivity index is 2.69. The fourth-order valence-electron chi connectivity index (χ4n) is 1.77. The van der Waals surface area contributed by atoms with E-state index in [1.807, 2.05) is 25.3 Å². The van der Waals surface area contributed by atoms with E-state index in [0.29, 0.717) is 20.6 Å². The Labute approximate surface area is 118 Å². The predicted octanol–water partition coefficient (Wildman–Crippen LogP) is 4.26. The molecule has 6 heteroatoms. The van der Waals surface area contributed by atoms with Crippen LogP contribution in [0.4, 0.5) is 4.39 Å². The number of benzene rings is 1. The molecule has 3 nitrogen and oxygen atoms in total. The zero-order chi connectivity index (χ0) is 13.5. The second-order valence-electron chi connectivity index (χ2n) is 4.98. The number of aromatic nitrogens is 3. The van der Waals surface area contributed by atoms with Crippen LogP contribution in [0.25, 0.3) is 11.4 Å². The number of hydrogen-bond acceptors (Lipinski definition) is 2. The Morgan fingerprint density at radius 2 is 2.06 bits per heavy atom. The van der Waals surface area contributed by atoms with Crippen LogP contribution in [-0.2, 0) is 5.54 Å². The first-order chi connectivity index (χ1) is 8.30. The lowest BCUT2D eigenvalue weighted by Gasteiger charge is -2.22. The maximum Gasteiger partial charge on any atom is 0.195 e. The van der Waals surface area contributed by atoms with Gasteiger partial charge in [-0.2, -0.15) is 5.10 Å². The minimum absolute atomic E-state index is 0.265. The third-order valence-electron chi connectivity index (χ3n) is 2.52. The summed E-state index contributed by atoms with van der Waals surface area (Å²) in [7, 11) is 0. The first kappa shape index (κ1) is 13.4. The van der Waals surface area contributed by atoms with Crippen molar-refractivity contribution in [3.8, 4) is 11.4 Å². The first-order valence-electron chi connectivity index (χ1n) is 5.44. The van der Waals surface area contributed by atoms with E-state index in [9.17, 15) is 4.39 Å². The fraction of sp³-hybridized carbons (Fsp3) is 0.333. The lowest BCUT2D eigenvalue weighted by molar-refractivity contribution is 0.395. The van der Waals surface area contributed by atoms with Crippen LogP contribution in [0.15, 0.2) is 22.7 Å². The van der Waals surface area contributed by atoms with Gasteiger partial charge >= 0.3 is 0 Å². The summed E-state index contributed by atoms with van der Waals surface area (Å²) in [5.74, 6) is 0.182. The van der Waals surface area contributed by atoms with Gasteiger partial charge < -0.3 is 0 Å². The van der Waals surface area contributed by atoms with Crippen molar-refractivity contribution in [2.75, 3.05) is 0 Å². The lowest BCUT2D eigenvalue weighted by Crippen LogP contribution is -2.23. The monoisotopic (exact) mass is 329 g/mol. The summed E-state index contributed by atoms with van der Waals surface area (Å²) in [5, 5.41) is 6.85. The van der Waals surface area contributed by atoms with Crippen molar-refractivity contribution < 1.29 is 4.39 Å². The van der Waals surface area contributed by atoms with Crippen LogP contribution in [0.5, 0.6) is 0 Å². The van der Waals surface area contributed by atoms with Gasteiger partial charge in [0.05, 0.1) is 5.56 Å². The van der Waals surface area contributed by atoms with Crippen molar-refractivity contribution in [2.24, 2.45) is 0 Å². The van der Waals surface area contributed by atoms with Crippen LogP contribution in [0.1, 0.15) is 20.8 Å². The van der Waals surface area contributed by atoms with Crippen molar-refractivity contribution in [3.63, 3.8) is 0 Å². The molecule has 0 spiro atoms. The molecule has 0 saturated heterocycles. The number of hydrogen-bond donors (Lipinski definition) is 1. The SMILES string of the molecule is CC(C)(C)n1c(-c2ccc(Br)cc2F)n[nH]c1=S. The van der Waals surface area contributed by atoms with Gasteiger partial charge in [0.15, 0.2) is 10.6 Å². The zero-order valence-electron chi connectivity index (χ0n) is 10.3. The normalized spacial score (nSPS) is 11.8. The largest absolute Gasteiger partial charge is 0.295 e. The molecule has 1 aromatic heterocycles. The molecule has 0 bridgehead atoms. The molecule has 0 aliphatic heterocycles. The van der Waals surface area contributed by atoms with Crippen LogP contribution in [0.2, 0.25) is 0 Å². The molecule has 0 atom stereocenters. The van der Waals surface area contributed by atoms with Crippen LogP contribution in [0, 0.1) is 10.6 Å². The molecule has 0 radical (unpaired) electrons. The van der Waals surface area contributed by atoms with Crippen LogP contribution in [-0.4, -0.2) is 14.8 Å². The summed E-state index contributed by atoms with van der Waals surface area (Å²) < 4.78 is 17.0. The summed E-state index contributed by atoms with van der Waals surface area (Å²) in [5.41, 5.74) is 0.166. The van der Waals surface area contributed by atoms with Crippen molar-refractivity contribution >= 4 is 28.1 Å². The van der Waals surface area contributed by atoms with Gasteiger partial charge in [-0.15, -0.1) is 0 Å². The highest BCUT2D eigenvalue weighted by Gasteiger charge is 2.22. The van der Waals surface area contributed by atoms with E-state index in [1.165, 1.54) is 6.07 Å². The number of rotatable bonds is 1. The zero-order valence-corrected chi connectivity index (χ0v) is 12.7. The first-order valence-corrected chi connectivity index (χ1v) is 6.64. The standard InChI is InChI=1S/C12H13BrFN3S/c1-12(2,3)17-10(15-16-11(17)18)8-5-4-7(13)6-9(8)14/h4-6H,1-3H3,(H,16,18). The Hall–Kier alpha value is -1.01. The number of H-pyrrole nitrogens is 1. The topological polar surface area (TPSA) is 33.6 Å². The van der Waals surface area contributed by atoms with E-state index < -0.39 is 0 Å². The minimum atomic E-state index is -0.330. The van der Waals surface area contributed by atoms with Crippen molar-refractivity contribution in [2.45, 2.75) is 26.3 Å². The molecule has 96 valence electrons. The van der Waals surface area contributed by atoms with E-state index in [0.717, 1.165) is 0 Å². The van der Waals surface area contributed by atoms with Crippen LogP contribution in [0.3, 0.4) is 0 Å². The maximum atomic E-state index is 14.0. The number of halogens is 2. The predicted molar refractivity (Wildman–Crippen MR) is 75.5 cm³/mol. The third kappa shape index (κ3) is 2.40. The van der Waals surface area contributed by atoms with Gasteiger partial charge in [-0.05, 0) is 51.2 Å². The van der Waals surface area contributed by atoms with Gasteiger partial charge in [-0.3, -0.25) is 9.67 Å². The molecule has 0 unspecified atom stereocenters. The Morgan fingerprint density at radius 3 is 2.61 bits per heavy atom. The van der Waals surface area contributed by atoms with E-state index in [-0.39, 0.29) is 11.4 Å². The molecule has 0 aliphatic rings. The highest BCUT2D eigenvalue weighted by Crippen LogP contribution is 2.28. The van der Waals surface area contributed by atoms with Gasteiger partial charge in [0.1, 0.15) is 5.82 Å². The summed E-state index contributed by atoms with van der Waals surface area (Å²) in [6.07, 6.45) is 0. The van der Waals surface area contributed by atoms with E-state index >= 15 is 0 Å². The number of nitrogens with zero attached hydrogens (tertiary/aromatic N) is 2. The summed E-state index contributed by atoms with van der Waals surface area (Å²) in [6, 6.07) is 4.88. The fourth-order valence-corrected chi connectivity index (χ4v) is 2.51. The highest BCUT2D eigenvalue weighted by atomic mass is 79.9. The Morgan fingerprint density at radius 1 is 1.39 bits per heavy atom. The molecule has 0 aliphatic carbocycles. The molecule has 0 amide bonds. The third-order valence-corrected chi connectivity index (χ3v) is 3.28. The smallest absolute Gasteiger partial charge is 0.195 e. The lowest BCUT2D eigenvalue weighted by atomic mass is 10.1. The quantitative estimate of drug-likeness (QED) is 0.793. The van der Waals surface area contributed by atoms with Crippen molar-refractivity contribution in [1.29, 1.82) is 0 Å². The van der Waals surface area contributed by atoms with Crippen molar-refractivity contribution in [1.82, 2.24) is 14.8 Å². The molecule has 1 heterocycles. The van der Waals surface area contributed by atoms with Gasteiger partial charge in [-0.25, -0.2) is 4.39 Å². The van der Waals surface area contributed by atoms with Gasteiger partial charge in [-0.1, -0.05) is 15.9 Å². The Kier molecular flexibility index (Phi) is 3.42. The molecule has 2 rings (SSSR count). The number of aromatic amines is 1. The average molecular weight is 330 g/mol. The highest BCUT2D eigenvalue weighted by molar-refractivity contribution is 9.10. The van der Waals surface area contributed by atoms with Gasteiger partial charge in [0.2, 0.25) is 0 Å². The second kappa shape index (κ2) is 4.59. The summed E-state index contributed by atoms with van der Waals surface area (Å²) in [6.45, 7) is 6.00. The summed E-state index contributed by atoms with van der Waals surface area (Å²) >= 11 is 8.44. The average Bonchev–Trinajstić information content (AvgIpc) is 2.59. The second-order valence-corrected chi connectivity index (χ2v) is 6.29. The van der Waals surface area contributed by atoms with Crippen LogP contribution >= 0.6 is 28.1 Å². The van der Waals surface area contributed by atoms with Crippen LogP contribution < -0.4 is 0 Å². The molecule has 0 saturated carbocycles. The van der Waals surface area contributed by atoms with Gasteiger partial charge in [0, 0.05) is 10.0 Å². The van der Waals surface area contributed by atoms with E-state index in [4.69, 9.17) is 12.2 Å². The molecular weight excluding hydrogens is 317 g/mol. The Bertz CT molecular complexity index is 640. The molecule has 1 N–H and O–H groups in total. The molecule has 18 heavy (non-hydrogen) atoms. The molecular formula is C12H13BrFN3S. The number of nitrogens with one attached hydrogen (secondary N) is 1.